The van der Waals surface area contributed by atoms with E-state index in [2.05, 4.69) is 53.9 Å². The summed E-state index contributed by atoms with van der Waals surface area (Å²) in [4.78, 5) is 0. The summed E-state index contributed by atoms with van der Waals surface area (Å²) in [6.07, 6.45) is 5.32. The highest BCUT2D eigenvalue weighted by Crippen LogP contribution is 2.34. The first kappa shape index (κ1) is 14.4. The van der Waals surface area contributed by atoms with Crippen LogP contribution in [0.5, 0.6) is 0 Å². The van der Waals surface area contributed by atoms with Gasteiger partial charge in [0.25, 0.3) is 0 Å². The maximum Gasteiger partial charge on any atom is 0.0638 e. The van der Waals surface area contributed by atoms with E-state index in [1.165, 1.54) is 29.3 Å². The summed E-state index contributed by atoms with van der Waals surface area (Å²) in [6.45, 7) is 4.67. The molecule has 0 saturated heterocycles. The molecule has 1 saturated carbocycles. The van der Waals surface area contributed by atoms with Crippen molar-refractivity contribution < 1.29 is 0 Å². The van der Waals surface area contributed by atoms with Gasteiger partial charge in [-0.1, -0.05) is 38.3 Å². The third-order valence-electron chi connectivity index (χ3n) is 3.95. The molecule has 1 aromatic rings. The van der Waals surface area contributed by atoms with Gasteiger partial charge in [0.2, 0.25) is 0 Å². The number of halogens is 2. The summed E-state index contributed by atoms with van der Waals surface area (Å²) in [7, 11) is 0. The highest BCUT2D eigenvalue weighted by Gasteiger charge is 2.27. The van der Waals surface area contributed by atoms with E-state index < -0.39 is 0 Å². The normalized spacial score (nSPS) is 24.3. The molecular formula is C15H21ClIN. The Morgan fingerprint density at radius 3 is 2.72 bits per heavy atom. The molecule has 18 heavy (non-hydrogen) atoms. The van der Waals surface area contributed by atoms with E-state index in [-0.39, 0.29) is 0 Å². The number of rotatable bonds is 3. The number of hydrogen-bond donors (Lipinski definition) is 1. The molecule has 0 aliphatic heterocycles. The van der Waals surface area contributed by atoms with Crippen molar-refractivity contribution in [2.24, 2.45) is 11.8 Å². The van der Waals surface area contributed by atoms with E-state index in [0.717, 1.165) is 22.5 Å². The lowest BCUT2D eigenvalue weighted by molar-refractivity contribution is 0.254. The fraction of sp³-hybridized carbons (Fsp3) is 0.600. The van der Waals surface area contributed by atoms with Crippen LogP contribution in [0.1, 0.15) is 39.5 Å². The Morgan fingerprint density at radius 2 is 2.00 bits per heavy atom. The summed E-state index contributed by atoms with van der Waals surface area (Å²) in [5.41, 5.74) is 1.10. The Balaban J connectivity index is 2.13. The molecule has 3 heteroatoms. The Bertz CT molecular complexity index is 405. The number of benzene rings is 1. The van der Waals surface area contributed by atoms with E-state index in [1.54, 1.807) is 0 Å². The second-order valence-electron chi connectivity index (χ2n) is 5.57. The van der Waals surface area contributed by atoms with Crippen LogP contribution in [0.25, 0.3) is 0 Å². The quantitative estimate of drug-likeness (QED) is 0.679. The van der Waals surface area contributed by atoms with Gasteiger partial charge < -0.3 is 5.32 Å². The molecule has 1 aromatic carbocycles. The Labute approximate surface area is 129 Å². The lowest BCUT2D eigenvalue weighted by Crippen LogP contribution is -2.35. The summed E-state index contributed by atoms with van der Waals surface area (Å²) >= 11 is 8.61. The molecule has 0 radical (unpaired) electrons. The number of hydrogen-bond acceptors (Lipinski definition) is 1. The molecular weight excluding hydrogens is 357 g/mol. The third-order valence-corrected chi connectivity index (χ3v) is 4.95. The van der Waals surface area contributed by atoms with Gasteiger partial charge in [0.1, 0.15) is 0 Å². The van der Waals surface area contributed by atoms with Crippen LogP contribution in [0.15, 0.2) is 18.2 Å². The average molecular weight is 378 g/mol. The summed E-state index contributed by atoms with van der Waals surface area (Å²) in [5, 5.41) is 4.52. The van der Waals surface area contributed by atoms with Gasteiger partial charge in [-0.15, -0.1) is 0 Å². The maximum atomic E-state index is 6.28. The van der Waals surface area contributed by atoms with Crippen LogP contribution in [0, 0.1) is 15.4 Å². The molecule has 1 aliphatic carbocycles. The largest absolute Gasteiger partial charge is 0.381 e. The highest BCUT2D eigenvalue weighted by molar-refractivity contribution is 14.1. The molecule has 2 rings (SSSR count). The highest BCUT2D eigenvalue weighted by atomic mass is 127. The van der Waals surface area contributed by atoms with Gasteiger partial charge in [-0.2, -0.15) is 0 Å². The van der Waals surface area contributed by atoms with Crippen molar-refractivity contribution in [3.05, 3.63) is 26.8 Å². The zero-order chi connectivity index (χ0) is 13.1. The smallest absolute Gasteiger partial charge is 0.0638 e. The molecule has 1 N–H and O–H groups in total. The van der Waals surface area contributed by atoms with Crippen molar-refractivity contribution >= 4 is 39.9 Å². The van der Waals surface area contributed by atoms with E-state index in [9.17, 15) is 0 Å². The molecule has 2 atom stereocenters. The first-order valence-electron chi connectivity index (χ1n) is 6.79. The molecule has 0 aromatic heterocycles. The van der Waals surface area contributed by atoms with Gasteiger partial charge in [0.05, 0.1) is 10.7 Å². The van der Waals surface area contributed by atoms with Crippen LogP contribution >= 0.6 is 34.2 Å². The first-order valence-corrected chi connectivity index (χ1v) is 8.25. The van der Waals surface area contributed by atoms with Gasteiger partial charge in [-0.3, -0.25) is 0 Å². The van der Waals surface area contributed by atoms with Crippen molar-refractivity contribution in [2.75, 3.05) is 5.32 Å². The minimum Gasteiger partial charge on any atom is -0.381 e. The minimum atomic E-state index is 0.578. The first-order chi connectivity index (χ1) is 8.58. The van der Waals surface area contributed by atoms with Crippen molar-refractivity contribution in [3.63, 3.8) is 0 Å². The SMILES string of the molecule is CC(C)C1CCCCC1Nc1cc(I)ccc1Cl. The predicted molar refractivity (Wildman–Crippen MR) is 88.4 cm³/mol. The van der Waals surface area contributed by atoms with E-state index in [4.69, 9.17) is 11.6 Å². The second kappa shape index (κ2) is 6.47. The molecule has 0 spiro atoms. The van der Waals surface area contributed by atoms with E-state index in [0.29, 0.717) is 6.04 Å². The zero-order valence-electron chi connectivity index (χ0n) is 11.0. The molecule has 0 amide bonds. The summed E-state index contributed by atoms with van der Waals surface area (Å²) in [6, 6.07) is 6.76. The van der Waals surface area contributed by atoms with Crippen LogP contribution in [-0.2, 0) is 0 Å². The maximum absolute atomic E-state index is 6.28. The van der Waals surface area contributed by atoms with Crippen LogP contribution in [-0.4, -0.2) is 6.04 Å². The third kappa shape index (κ3) is 3.53. The van der Waals surface area contributed by atoms with Crippen LogP contribution in [0.2, 0.25) is 5.02 Å². The van der Waals surface area contributed by atoms with Crippen LogP contribution < -0.4 is 5.32 Å². The van der Waals surface area contributed by atoms with Gasteiger partial charge in [0, 0.05) is 9.61 Å². The predicted octanol–water partition coefficient (Wildman–Crippen LogP) is 5.57. The summed E-state index contributed by atoms with van der Waals surface area (Å²) < 4.78 is 1.23. The molecule has 100 valence electrons. The molecule has 2 unspecified atom stereocenters. The Kier molecular flexibility index (Phi) is 5.19. The van der Waals surface area contributed by atoms with Gasteiger partial charge in [-0.05, 0) is 65.5 Å². The van der Waals surface area contributed by atoms with Crippen molar-refractivity contribution in [3.8, 4) is 0 Å². The molecule has 0 heterocycles. The van der Waals surface area contributed by atoms with Gasteiger partial charge >= 0.3 is 0 Å². The summed E-state index contributed by atoms with van der Waals surface area (Å²) in [5.74, 6) is 1.51. The minimum absolute atomic E-state index is 0.578. The fourth-order valence-corrected chi connectivity index (χ4v) is 3.61. The monoisotopic (exact) mass is 377 g/mol. The second-order valence-corrected chi connectivity index (χ2v) is 7.22. The van der Waals surface area contributed by atoms with Gasteiger partial charge in [0.15, 0.2) is 0 Å². The van der Waals surface area contributed by atoms with E-state index >= 15 is 0 Å². The molecule has 1 fully saturated rings. The van der Waals surface area contributed by atoms with Crippen LogP contribution in [0.4, 0.5) is 5.69 Å². The van der Waals surface area contributed by atoms with Crippen molar-refractivity contribution in [1.29, 1.82) is 0 Å². The van der Waals surface area contributed by atoms with Gasteiger partial charge in [-0.25, -0.2) is 0 Å². The Hall–Kier alpha value is 0.0400. The van der Waals surface area contributed by atoms with Crippen molar-refractivity contribution in [1.82, 2.24) is 0 Å². The molecule has 1 nitrogen and oxygen atoms in total. The Morgan fingerprint density at radius 1 is 1.28 bits per heavy atom. The lowest BCUT2D eigenvalue weighted by Gasteiger charge is -2.35. The zero-order valence-corrected chi connectivity index (χ0v) is 14.0. The van der Waals surface area contributed by atoms with E-state index in [1.807, 2.05) is 6.07 Å². The average Bonchev–Trinajstić information content (AvgIpc) is 2.34. The van der Waals surface area contributed by atoms with Crippen LogP contribution in [0.3, 0.4) is 0 Å². The molecule has 0 bridgehead atoms. The number of nitrogens with one attached hydrogen (secondary N) is 1. The molecule has 1 aliphatic rings. The number of anilines is 1. The lowest BCUT2D eigenvalue weighted by atomic mass is 9.78. The topological polar surface area (TPSA) is 12.0 Å². The standard InChI is InChI=1S/C15H21ClIN/c1-10(2)12-5-3-4-6-14(12)18-15-9-11(17)7-8-13(15)16/h7-10,12,14,18H,3-6H2,1-2H3. The fourth-order valence-electron chi connectivity index (χ4n) is 2.94. The van der Waals surface area contributed by atoms with Crippen molar-refractivity contribution in [2.45, 2.75) is 45.6 Å².